The summed E-state index contributed by atoms with van der Waals surface area (Å²) in [5.74, 6) is -2.12. The summed E-state index contributed by atoms with van der Waals surface area (Å²) in [5, 5.41) is 11.1. The van der Waals surface area contributed by atoms with Gasteiger partial charge in [-0.15, -0.1) is 0 Å². The third kappa shape index (κ3) is 3.20. The van der Waals surface area contributed by atoms with Crippen LogP contribution in [0.4, 0.5) is 10.1 Å². The topological polar surface area (TPSA) is 79.7 Å². The molecule has 1 saturated heterocycles. The molecule has 1 amide bonds. The number of ketones is 1. The Bertz CT molecular complexity index is 1140. The summed E-state index contributed by atoms with van der Waals surface area (Å²) < 4.78 is 18.7. The van der Waals surface area contributed by atoms with E-state index in [1.807, 2.05) is 0 Å². The molecule has 4 rings (SSSR count). The maximum absolute atomic E-state index is 13.4. The number of amides is 1. The van der Waals surface area contributed by atoms with Crippen LogP contribution in [0.15, 0.2) is 78.6 Å². The first kappa shape index (κ1) is 19.3. The number of anilines is 1. The second-order valence-electron chi connectivity index (χ2n) is 6.63. The zero-order valence-electron chi connectivity index (χ0n) is 15.9. The third-order valence-corrected chi connectivity index (χ3v) is 4.93. The third-order valence-electron chi connectivity index (χ3n) is 4.93. The van der Waals surface area contributed by atoms with Gasteiger partial charge in [-0.2, -0.15) is 0 Å². The standard InChI is InChI=1S/C23H17FN2O4/c1-30-18-5-3-2-4-17(18)21(27)19-20(14-10-12-25-13-11-14)26(23(29)22(19)28)16-8-6-15(24)7-9-16/h2-13,20,27H,1H3/b21-19-. The number of Topliss-reactive ketones (excluding diaryl/α,β-unsaturated/α-hetero) is 1. The molecule has 2 aromatic carbocycles. The summed E-state index contributed by atoms with van der Waals surface area (Å²) in [6.07, 6.45) is 3.06. The zero-order valence-corrected chi connectivity index (χ0v) is 15.9. The predicted molar refractivity (Wildman–Crippen MR) is 108 cm³/mol. The quantitative estimate of drug-likeness (QED) is 0.406. The summed E-state index contributed by atoms with van der Waals surface area (Å²) in [4.78, 5) is 31.2. The smallest absolute Gasteiger partial charge is 0.300 e. The van der Waals surface area contributed by atoms with E-state index in [1.54, 1.807) is 36.4 Å². The lowest BCUT2D eigenvalue weighted by molar-refractivity contribution is -0.132. The van der Waals surface area contributed by atoms with Crippen LogP contribution in [-0.2, 0) is 9.59 Å². The number of ether oxygens (including phenoxy) is 1. The number of carbonyl (C=O) groups is 2. The molecule has 1 aliphatic rings. The molecule has 1 N–H and O–H groups in total. The van der Waals surface area contributed by atoms with Crippen LogP contribution in [0.1, 0.15) is 17.2 Å². The molecule has 6 nitrogen and oxygen atoms in total. The molecule has 1 fully saturated rings. The monoisotopic (exact) mass is 404 g/mol. The van der Waals surface area contributed by atoms with Crippen LogP contribution in [0.25, 0.3) is 5.76 Å². The van der Waals surface area contributed by atoms with Gasteiger partial charge in [0.1, 0.15) is 17.3 Å². The van der Waals surface area contributed by atoms with Crippen LogP contribution in [0.2, 0.25) is 0 Å². The molecule has 3 aromatic rings. The molecule has 0 saturated carbocycles. The number of aliphatic hydroxyl groups excluding tert-OH is 1. The normalized spacial score (nSPS) is 17.9. The highest BCUT2D eigenvalue weighted by atomic mass is 19.1. The van der Waals surface area contributed by atoms with Gasteiger partial charge in [0.15, 0.2) is 0 Å². The zero-order chi connectivity index (χ0) is 21.3. The van der Waals surface area contributed by atoms with E-state index in [1.165, 1.54) is 48.7 Å². The first-order chi connectivity index (χ1) is 14.5. The Morgan fingerprint density at radius 2 is 1.70 bits per heavy atom. The molecule has 0 radical (unpaired) electrons. The van der Waals surface area contributed by atoms with Crippen LogP contribution in [0.5, 0.6) is 5.75 Å². The van der Waals surface area contributed by atoms with Gasteiger partial charge in [-0.1, -0.05) is 12.1 Å². The summed E-state index contributed by atoms with van der Waals surface area (Å²) in [6.45, 7) is 0. The molecule has 1 atom stereocenters. The lowest BCUT2D eigenvalue weighted by Gasteiger charge is -2.25. The lowest BCUT2D eigenvalue weighted by Crippen LogP contribution is -2.29. The van der Waals surface area contributed by atoms with Crippen molar-refractivity contribution in [2.24, 2.45) is 0 Å². The van der Waals surface area contributed by atoms with Crippen LogP contribution in [0.3, 0.4) is 0 Å². The van der Waals surface area contributed by atoms with Crippen LogP contribution < -0.4 is 9.64 Å². The van der Waals surface area contributed by atoms with Gasteiger partial charge >= 0.3 is 0 Å². The Balaban J connectivity index is 1.96. The van der Waals surface area contributed by atoms with Crippen molar-refractivity contribution >= 4 is 23.1 Å². The van der Waals surface area contributed by atoms with E-state index >= 15 is 0 Å². The van der Waals surface area contributed by atoms with Crippen molar-refractivity contribution in [1.82, 2.24) is 4.98 Å². The number of hydrogen-bond donors (Lipinski definition) is 1. The number of pyridine rings is 1. The molecule has 30 heavy (non-hydrogen) atoms. The van der Waals surface area contributed by atoms with Crippen molar-refractivity contribution in [3.63, 3.8) is 0 Å². The van der Waals surface area contributed by atoms with Crippen LogP contribution >= 0.6 is 0 Å². The highest BCUT2D eigenvalue weighted by Crippen LogP contribution is 2.43. The first-order valence-electron chi connectivity index (χ1n) is 9.13. The van der Waals surface area contributed by atoms with Crippen LogP contribution in [-0.4, -0.2) is 28.9 Å². The average molecular weight is 404 g/mol. The Labute approximate surface area is 171 Å². The minimum absolute atomic E-state index is 0.0833. The Morgan fingerprint density at radius 3 is 2.37 bits per heavy atom. The van der Waals surface area contributed by atoms with Gasteiger partial charge in [0.2, 0.25) is 0 Å². The van der Waals surface area contributed by atoms with E-state index in [4.69, 9.17) is 4.74 Å². The molecular formula is C23H17FN2O4. The molecule has 150 valence electrons. The number of methoxy groups -OCH3 is 1. The number of hydrogen-bond acceptors (Lipinski definition) is 5. The summed E-state index contributed by atoms with van der Waals surface area (Å²) >= 11 is 0. The van der Waals surface area contributed by atoms with Crippen LogP contribution in [0, 0.1) is 5.82 Å². The van der Waals surface area contributed by atoms with E-state index in [2.05, 4.69) is 4.98 Å². The number of aromatic nitrogens is 1. The fraction of sp³-hybridized carbons (Fsp3) is 0.0870. The largest absolute Gasteiger partial charge is 0.507 e. The van der Waals surface area contributed by atoms with E-state index in [9.17, 15) is 19.1 Å². The van der Waals surface area contributed by atoms with Crippen molar-refractivity contribution in [3.8, 4) is 5.75 Å². The van der Waals surface area contributed by atoms with Gasteiger partial charge in [0.25, 0.3) is 11.7 Å². The van der Waals surface area contributed by atoms with Crippen molar-refractivity contribution in [2.45, 2.75) is 6.04 Å². The van der Waals surface area contributed by atoms with Gasteiger partial charge in [-0.05, 0) is 54.1 Å². The fourth-order valence-corrected chi connectivity index (χ4v) is 3.55. The summed E-state index contributed by atoms with van der Waals surface area (Å²) in [5.41, 5.74) is 1.11. The van der Waals surface area contributed by atoms with E-state index in [0.717, 1.165) is 0 Å². The average Bonchev–Trinajstić information content (AvgIpc) is 3.05. The Morgan fingerprint density at radius 1 is 1.03 bits per heavy atom. The molecule has 0 bridgehead atoms. The first-order valence-corrected chi connectivity index (χ1v) is 9.13. The van der Waals surface area contributed by atoms with E-state index in [-0.39, 0.29) is 16.9 Å². The van der Waals surface area contributed by atoms with Crippen molar-refractivity contribution < 1.29 is 23.8 Å². The fourth-order valence-electron chi connectivity index (χ4n) is 3.55. The molecule has 1 aromatic heterocycles. The van der Waals surface area contributed by atoms with E-state index in [0.29, 0.717) is 17.0 Å². The second-order valence-corrected chi connectivity index (χ2v) is 6.63. The molecule has 0 aliphatic carbocycles. The van der Waals surface area contributed by atoms with Gasteiger partial charge in [0.05, 0.1) is 24.3 Å². The van der Waals surface area contributed by atoms with Gasteiger partial charge < -0.3 is 9.84 Å². The minimum Gasteiger partial charge on any atom is -0.507 e. The van der Waals surface area contributed by atoms with Gasteiger partial charge in [0, 0.05) is 18.1 Å². The number of halogens is 1. The van der Waals surface area contributed by atoms with Crippen molar-refractivity contribution in [2.75, 3.05) is 12.0 Å². The molecule has 7 heteroatoms. The highest BCUT2D eigenvalue weighted by Gasteiger charge is 2.47. The lowest BCUT2D eigenvalue weighted by atomic mass is 9.95. The molecule has 2 heterocycles. The number of carbonyl (C=O) groups excluding carboxylic acids is 2. The number of aliphatic hydroxyl groups is 1. The number of rotatable bonds is 4. The minimum atomic E-state index is -0.914. The van der Waals surface area contributed by atoms with E-state index < -0.39 is 23.5 Å². The van der Waals surface area contributed by atoms with Crippen molar-refractivity contribution in [3.05, 3.63) is 95.6 Å². The molecule has 0 spiro atoms. The van der Waals surface area contributed by atoms with Gasteiger partial charge in [-0.25, -0.2) is 4.39 Å². The SMILES string of the molecule is COc1ccccc1/C(O)=C1/C(=O)C(=O)N(c2ccc(F)cc2)C1c1ccncc1. The second kappa shape index (κ2) is 7.79. The number of para-hydroxylation sites is 1. The number of nitrogens with zero attached hydrogens (tertiary/aromatic N) is 2. The summed E-state index contributed by atoms with van der Waals surface area (Å²) in [6, 6.07) is 14.3. The maximum Gasteiger partial charge on any atom is 0.300 e. The molecular weight excluding hydrogens is 387 g/mol. The van der Waals surface area contributed by atoms with Crippen molar-refractivity contribution in [1.29, 1.82) is 0 Å². The molecule has 1 aliphatic heterocycles. The highest BCUT2D eigenvalue weighted by molar-refractivity contribution is 6.51. The molecule has 1 unspecified atom stereocenters. The maximum atomic E-state index is 13.4. The van der Waals surface area contributed by atoms with Gasteiger partial charge in [-0.3, -0.25) is 19.5 Å². The number of benzene rings is 2. The Hall–Kier alpha value is -4.00. The summed E-state index contributed by atoms with van der Waals surface area (Å²) in [7, 11) is 1.45. The Kier molecular flexibility index (Phi) is 5.02. The predicted octanol–water partition coefficient (Wildman–Crippen LogP) is 3.86.